The molecule has 0 fully saturated rings. The number of hydrogen-bond acceptors (Lipinski definition) is 4. The number of benzene rings is 1. The number of rotatable bonds is 3. The molecular formula is C26H16BrN5. The first-order valence-corrected chi connectivity index (χ1v) is 11.0. The van der Waals surface area contributed by atoms with Crippen LogP contribution in [0.1, 0.15) is 0 Å². The largest absolute Gasteiger partial charge is 0.294 e. The van der Waals surface area contributed by atoms with Crippen molar-refractivity contribution in [3.8, 4) is 28.6 Å². The van der Waals surface area contributed by atoms with Crippen molar-refractivity contribution in [2.75, 3.05) is 0 Å². The fourth-order valence-electron chi connectivity index (χ4n) is 4.02. The lowest BCUT2D eigenvalue weighted by atomic mass is 10.2. The maximum atomic E-state index is 4.99. The van der Waals surface area contributed by atoms with Crippen LogP contribution in [-0.4, -0.2) is 24.5 Å². The van der Waals surface area contributed by atoms with E-state index in [2.05, 4.69) is 42.6 Å². The zero-order valence-electron chi connectivity index (χ0n) is 16.9. The molecule has 0 atom stereocenters. The van der Waals surface area contributed by atoms with Crippen LogP contribution in [0, 0.1) is 0 Å². The van der Waals surface area contributed by atoms with Gasteiger partial charge in [-0.1, -0.05) is 36.4 Å². The Morgan fingerprint density at radius 3 is 2.03 bits per heavy atom. The van der Waals surface area contributed by atoms with Crippen LogP contribution in [0.5, 0.6) is 0 Å². The number of aromatic nitrogens is 5. The minimum absolute atomic E-state index is 0.781. The fraction of sp³-hybridized carbons (Fsp3) is 0. The van der Waals surface area contributed by atoms with E-state index in [1.807, 2.05) is 85.2 Å². The summed E-state index contributed by atoms with van der Waals surface area (Å²) in [5.74, 6) is 0.840. The van der Waals surface area contributed by atoms with Gasteiger partial charge in [0.05, 0.1) is 33.8 Å². The second-order valence-electron chi connectivity index (χ2n) is 7.38. The lowest BCUT2D eigenvalue weighted by molar-refractivity contribution is 1.07. The average molecular weight is 478 g/mol. The van der Waals surface area contributed by atoms with Crippen LogP contribution in [0.25, 0.3) is 50.4 Å². The molecule has 1 aromatic carbocycles. The topological polar surface area (TPSA) is 56.5 Å². The maximum absolute atomic E-state index is 4.99. The zero-order chi connectivity index (χ0) is 21.5. The molecule has 0 saturated carbocycles. The third-order valence-electron chi connectivity index (χ3n) is 5.43. The molecule has 0 aliphatic rings. The molecular weight excluding hydrogens is 462 g/mol. The van der Waals surface area contributed by atoms with E-state index in [0.29, 0.717) is 0 Å². The van der Waals surface area contributed by atoms with Gasteiger partial charge in [-0.05, 0) is 64.5 Å². The highest BCUT2D eigenvalue weighted by molar-refractivity contribution is 9.10. The Bertz CT molecular complexity index is 1550. The van der Waals surface area contributed by atoms with Crippen molar-refractivity contribution >= 4 is 37.7 Å². The van der Waals surface area contributed by atoms with Crippen molar-refractivity contribution in [3.05, 3.63) is 102 Å². The summed E-state index contributed by atoms with van der Waals surface area (Å²) in [6, 6.07) is 28.1. The van der Waals surface area contributed by atoms with Crippen LogP contribution in [-0.2, 0) is 0 Å². The molecule has 0 unspecified atom stereocenters. The molecule has 0 N–H and O–H groups in total. The standard InChI is InChI=1S/C26H16BrN5/c27-25-12-4-9-21(30-25)19-7-3-8-20(29-19)22-10-5-13-26(31-22)32-23-11-2-1-6-17(23)18-16-28-15-14-24(18)32/h1-16H. The predicted molar refractivity (Wildman–Crippen MR) is 131 cm³/mol. The average Bonchev–Trinajstić information content (AvgIpc) is 3.19. The van der Waals surface area contributed by atoms with E-state index in [1.165, 1.54) is 0 Å². The first-order valence-electron chi connectivity index (χ1n) is 10.2. The van der Waals surface area contributed by atoms with Gasteiger partial charge in [0.1, 0.15) is 10.4 Å². The summed E-state index contributed by atoms with van der Waals surface area (Å²) in [7, 11) is 0. The Kier molecular flexibility index (Phi) is 4.51. The number of halogens is 1. The minimum atomic E-state index is 0.781. The highest BCUT2D eigenvalue weighted by atomic mass is 79.9. The Labute approximate surface area is 192 Å². The molecule has 0 aliphatic carbocycles. The summed E-state index contributed by atoms with van der Waals surface area (Å²) in [5.41, 5.74) is 5.39. The van der Waals surface area contributed by atoms with Gasteiger partial charge in [0.15, 0.2) is 0 Å². The maximum Gasteiger partial charge on any atom is 0.138 e. The third kappa shape index (κ3) is 3.16. The van der Waals surface area contributed by atoms with Gasteiger partial charge in [-0.15, -0.1) is 0 Å². The monoisotopic (exact) mass is 477 g/mol. The van der Waals surface area contributed by atoms with E-state index < -0.39 is 0 Å². The van der Waals surface area contributed by atoms with Gasteiger partial charge in [-0.25, -0.2) is 15.0 Å². The molecule has 0 aliphatic heterocycles. The number of hydrogen-bond donors (Lipinski definition) is 0. The van der Waals surface area contributed by atoms with Gasteiger partial charge in [0.2, 0.25) is 0 Å². The third-order valence-corrected chi connectivity index (χ3v) is 5.87. The van der Waals surface area contributed by atoms with E-state index >= 15 is 0 Å². The molecule has 6 aromatic rings. The van der Waals surface area contributed by atoms with Gasteiger partial charge in [-0.2, -0.15) is 0 Å². The van der Waals surface area contributed by atoms with Gasteiger partial charge in [-0.3, -0.25) is 9.55 Å². The smallest absolute Gasteiger partial charge is 0.138 e. The zero-order valence-corrected chi connectivity index (χ0v) is 18.4. The SMILES string of the molecule is Brc1cccc(-c2cccc(-c3cccc(-n4c5ccccc5c5cnccc54)n3)n2)n1. The second-order valence-corrected chi connectivity index (χ2v) is 8.19. The highest BCUT2D eigenvalue weighted by Crippen LogP contribution is 2.31. The van der Waals surface area contributed by atoms with Crippen LogP contribution in [0.4, 0.5) is 0 Å². The van der Waals surface area contributed by atoms with E-state index in [0.717, 1.165) is 55.0 Å². The number of para-hydroxylation sites is 1. The summed E-state index contributed by atoms with van der Waals surface area (Å²) < 4.78 is 2.96. The van der Waals surface area contributed by atoms with Crippen molar-refractivity contribution < 1.29 is 0 Å². The minimum Gasteiger partial charge on any atom is -0.294 e. The lowest BCUT2D eigenvalue weighted by Crippen LogP contribution is -1.99. The van der Waals surface area contributed by atoms with Crippen LogP contribution in [0.3, 0.4) is 0 Å². The molecule has 0 amide bonds. The van der Waals surface area contributed by atoms with E-state index in [4.69, 9.17) is 9.97 Å². The summed E-state index contributed by atoms with van der Waals surface area (Å²) in [6.45, 7) is 0. The fourth-order valence-corrected chi connectivity index (χ4v) is 4.37. The molecule has 5 heterocycles. The Morgan fingerprint density at radius 2 is 1.22 bits per heavy atom. The van der Waals surface area contributed by atoms with Crippen molar-refractivity contribution in [2.24, 2.45) is 0 Å². The van der Waals surface area contributed by atoms with Gasteiger partial charge in [0.25, 0.3) is 0 Å². The molecule has 0 saturated heterocycles. The molecule has 6 rings (SSSR count). The van der Waals surface area contributed by atoms with Crippen LogP contribution >= 0.6 is 15.9 Å². The molecule has 5 aromatic heterocycles. The predicted octanol–water partition coefficient (Wildman–Crippen LogP) is 6.46. The van der Waals surface area contributed by atoms with Crippen LogP contribution in [0.15, 0.2) is 102 Å². The summed E-state index contributed by atoms with van der Waals surface area (Å²) >= 11 is 3.44. The Balaban J connectivity index is 1.51. The Hall–Kier alpha value is -3.90. The number of nitrogens with zero attached hydrogens (tertiary/aromatic N) is 5. The van der Waals surface area contributed by atoms with Crippen molar-refractivity contribution in [2.45, 2.75) is 0 Å². The lowest BCUT2D eigenvalue weighted by Gasteiger charge is -2.09. The quantitative estimate of drug-likeness (QED) is 0.274. The normalized spacial score (nSPS) is 11.3. The summed E-state index contributed by atoms with van der Waals surface area (Å²) in [5, 5.41) is 2.26. The van der Waals surface area contributed by atoms with E-state index in [1.54, 1.807) is 0 Å². The highest BCUT2D eigenvalue weighted by Gasteiger charge is 2.14. The van der Waals surface area contributed by atoms with Crippen molar-refractivity contribution in [3.63, 3.8) is 0 Å². The molecule has 32 heavy (non-hydrogen) atoms. The molecule has 152 valence electrons. The van der Waals surface area contributed by atoms with Gasteiger partial charge < -0.3 is 0 Å². The summed E-state index contributed by atoms with van der Waals surface area (Å²) in [6.07, 6.45) is 3.73. The number of pyridine rings is 4. The van der Waals surface area contributed by atoms with E-state index in [9.17, 15) is 0 Å². The van der Waals surface area contributed by atoms with Crippen LogP contribution < -0.4 is 0 Å². The number of fused-ring (bicyclic) bond motifs is 3. The van der Waals surface area contributed by atoms with Crippen molar-refractivity contribution in [1.82, 2.24) is 24.5 Å². The van der Waals surface area contributed by atoms with E-state index in [-0.39, 0.29) is 0 Å². The molecule has 0 spiro atoms. The van der Waals surface area contributed by atoms with Gasteiger partial charge in [0, 0.05) is 23.2 Å². The van der Waals surface area contributed by atoms with Crippen molar-refractivity contribution in [1.29, 1.82) is 0 Å². The second kappa shape index (κ2) is 7.66. The first-order chi connectivity index (χ1) is 15.8. The van der Waals surface area contributed by atoms with Gasteiger partial charge >= 0.3 is 0 Å². The molecule has 6 heteroatoms. The molecule has 5 nitrogen and oxygen atoms in total. The van der Waals surface area contributed by atoms with Crippen LogP contribution in [0.2, 0.25) is 0 Å². The molecule has 0 radical (unpaired) electrons. The first kappa shape index (κ1) is 18.8. The summed E-state index contributed by atoms with van der Waals surface area (Å²) in [4.78, 5) is 18.7. The Morgan fingerprint density at radius 1 is 0.562 bits per heavy atom. The molecule has 0 bridgehead atoms.